The number of piperidine rings is 1. The SMILES string of the molecule is CC(C)n1nc(-c2noc(C3CC3)c2-c2ccc(C3CCN(C(=O)OCC=O)CC3)cn2)c2c(N)ncnc21. The molecule has 1 saturated carbocycles. The van der Waals surface area contributed by atoms with Crippen molar-refractivity contribution in [1.29, 1.82) is 0 Å². The molecule has 0 aromatic carbocycles. The van der Waals surface area contributed by atoms with Gasteiger partial charge in [0, 0.05) is 31.2 Å². The molecule has 6 rings (SSSR count). The van der Waals surface area contributed by atoms with Crippen LogP contribution in [0.1, 0.15) is 68.7 Å². The Morgan fingerprint density at radius 2 is 1.92 bits per heavy atom. The van der Waals surface area contributed by atoms with Gasteiger partial charge in [-0.25, -0.2) is 19.4 Å². The van der Waals surface area contributed by atoms with Crippen molar-refractivity contribution in [3.63, 3.8) is 0 Å². The van der Waals surface area contributed by atoms with Crippen molar-refractivity contribution in [3.8, 4) is 22.6 Å². The average Bonchev–Trinajstić information content (AvgIpc) is 3.58. The van der Waals surface area contributed by atoms with Crippen molar-refractivity contribution in [1.82, 2.24) is 34.8 Å². The first-order valence-corrected chi connectivity index (χ1v) is 13.3. The highest BCUT2D eigenvalue weighted by atomic mass is 16.6. The second kappa shape index (κ2) is 10.1. The van der Waals surface area contributed by atoms with Crippen molar-refractivity contribution >= 4 is 29.2 Å². The number of fused-ring (bicyclic) bond motifs is 1. The summed E-state index contributed by atoms with van der Waals surface area (Å²) < 4.78 is 12.7. The number of pyridine rings is 1. The molecule has 12 nitrogen and oxygen atoms in total. The topological polar surface area (TPSA) is 155 Å². The molecule has 39 heavy (non-hydrogen) atoms. The Bertz CT molecular complexity index is 1510. The molecule has 0 bridgehead atoms. The second-order valence-electron chi connectivity index (χ2n) is 10.4. The molecule has 2 fully saturated rings. The summed E-state index contributed by atoms with van der Waals surface area (Å²) in [7, 11) is 0. The number of anilines is 1. The van der Waals surface area contributed by atoms with E-state index in [0.29, 0.717) is 53.5 Å². The molecule has 1 saturated heterocycles. The minimum absolute atomic E-state index is 0.0597. The molecule has 2 N–H and O–H groups in total. The Kier molecular flexibility index (Phi) is 6.45. The van der Waals surface area contributed by atoms with Gasteiger partial charge in [-0.2, -0.15) is 5.10 Å². The van der Waals surface area contributed by atoms with Gasteiger partial charge in [0.25, 0.3) is 0 Å². The fraction of sp³-hybridized carbons (Fsp3) is 0.444. The van der Waals surface area contributed by atoms with Gasteiger partial charge in [0.2, 0.25) is 0 Å². The molecule has 0 atom stereocenters. The van der Waals surface area contributed by atoms with E-state index in [-0.39, 0.29) is 18.6 Å². The van der Waals surface area contributed by atoms with Crippen LogP contribution in [0.15, 0.2) is 29.2 Å². The summed E-state index contributed by atoms with van der Waals surface area (Å²) in [5.74, 6) is 1.73. The molecule has 12 heteroatoms. The number of aldehydes is 1. The number of amides is 1. The molecule has 202 valence electrons. The lowest BCUT2D eigenvalue weighted by atomic mass is 9.90. The molecule has 1 aliphatic carbocycles. The fourth-order valence-electron chi connectivity index (χ4n) is 5.24. The van der Waals surface area contributed by atoms with Gasteiger partial charge in [-0.3, -0.25) is 9.78 Å². The zero-order chi connectivity index (χ0) is 27.1. The number of carbonyl (C=O) groups is 2. The summed E-state index contributed by atoms with van der Waals surface area (Å²) in [6.45, 7) is 4.99. The molecule has 5 heterocycles. The minimum Gasteiger partial charge on any atom is -0.442 e. The number of hydrogen-bond donors (Lipinski definition) is 1. The number of rotatable bonds is 7. The lowest BCUT2D eigenvalue weighted by Crippen LogP contribution is -2.38. The van der Waals surface area contributed by atoms with E-state index in [1.54, 1.807) is 4.90 Å². The summed E-state index contributed by atoms with van der Waals surface area (Å²) in [5, 5.41) is 9.98. The van der Waals surface area contributed by atoms with Crippen molar-refractivity contribution < 1.29 is 18.8 Å². The van der Waals surface area contributed by atoms with E-state index in [1.807, 2.05) is 30.8 Å². The largest absolute Gasteiger partial charge is 0.442 e. The van der Waals surface area contributed by atoms with Crippen molar-refractivity contribution in [3.05, 3.63) is 36.0 Å². The highest BCUT2D eigenvalue weighted by Gasteiger charge is 2.35. The number of ether oxygens (including phenoxy) is 1. The first-order chi connectivity index (χ1) is 19.0. The smallest absolute Gasteiger partial charge is 0.410 e. The highest BCUT2D eigenvalue weighted by Crippen LogP contribution is 2.48. The van der Waals surface area contributed by atoms with Gasteiger partial charge < -0.3 is 19.9 Å². The number of carbonyl (C=O) groups excluding carboxylic acids is 2. The fourth-order valence-corrected chi connectivity index (χ4v) is 5.24. The van der Waals surface area contributed by atoms with Crippen LogP contribution in [0.2, 0.25) is 0 Å². The Balaban J connectivity index is 1.31. The summed E-state index contributed by atoms with van der Waals surface area (Å²) in [4.78, 5) is 37.7. The lowest BCUT2D eigenvalue weighted by Gasteiger charge is -2.31. The Morgan fingerprint density at radius 3 is 2.59 bits per heavy atom. The third-order valence-electron chi connectivity index (χ3n) is 7.44. The summed E-state index contributed by atoms with van der Waals surface area (Å²) in [5.41, 5.74) is 10.8. The van der Waals surface area contributed by atoms with E-state index in [4.69, 9.17) is 25.1 Å². The van der Waals surface area contributed by atoms with Crippen LogP contribution in [0, 0.1) is 0 Å². The maximum atomic E-state index is 12.1. The highest BCUT2D eigenvalue weighted by molar-refractivity contribution is 6.00. The minimum atomic E-state index is -0.444. The predicted octanol–water partition coefficient (Wildman–Crippen LogP) is 4.10. The van der Waals surface area contributed by atoms with E-state index in [0.717, 1.165) is 48.3 Å². The standard InChI is InChI=1S/C27H30N8O4/c1-15(2)35-26-21(25(28)30-14-31-26)22(32-35)23-20(24(39-33-23)17-3-4-17)19-6-5-18(13-29-19)16-7-9-34(10-8-16)27(37)38-12-11-36/h5-6,11,13-17H,3-4,7-10,12H2,1-2H3,(H2,28,30,31). The van der Waals surface area contributed by atoms with Crippen LogP contribution in [0.4, 0.5) is 10.6 Å². The molecule has 4 aromatic rings. The van der Waals surface area contributed by atoms with Gasteiger partial charge >= 0.3 is 6.09 Å². The van der Waals surface area contributed by atoms with E-state index >= 15 is 0 Å². The maximum Gasteiger partial charge on any atom is 0.410 e. The molecule has 0 spiro atoms. The molecule has 4 aromatic heterocycles. The summed E-state index contributed by atoms with van der Waals surface area (Å²) in [6.07, 6.45) is 7.15. The van der Waals surface area contributed by atoms with E-state index in [2.05, 4.69) is 21.2 Å². The van der Waals surface area contributed by atoms with Gasteiger partial charge in [0.1, 0.15) is 35.9 Å². The quantitative estimate of drug-likeness (QED) is 0.345. The summed E-state index contributed by atoms with van der Waals surface area (Å²) >= 11 is 0. The van der Waals surface area contributed by atoms with Crippen LogP contribution in [0.25, 0.3) is 33.7 Å². The summed E-state index contributed by atoms with van der Waals surface area (Å²) in [6, 6.07) is 4.15. The van der Waals surface area contributed by atoms with Crippen LogP contribution in [0.3, 0.4) is 0 Å². The zero-order valence-corrected chi connectivity index (χ0v) is 21.9. The van der Waals surface area contributed by atoms with E-state index < -0.39 is 6.09 Å². The van der Waals surface area contributed by atoms with E-state index in [9.17, 15) is 9.59 Å². The molecule has 2 aliphatic rings. The van der Waals surface area contributed by atoms with E-state index in [1.165, 1.54) is 6.33 Å². The average molecular weight is 531 g/mol. The third-order valence-corrected chi connectivity index (χ3v) is 7.44. The molecule has 0 radical (unpaired) electrons. The van der Waals surface area contributed by atoms with Crippen molar-refractivity contribution in [2.75, 3.05) is 25.4 Å². The molecule has 1 aliphatic heterocycles. The molecule has 0 unspecified atom stereocenters. The van der Waals surface area contributed by atoms with Gasteiger partial charge in [-0.1, -0.05) is 11.2 Å². The van der Waals surface area contributed by atoms with Gasteiger partial charge in [0.15, 0.2) is 11.9 Å². The number of likely N-dealkylation sites (tertiary alicyclic amines) is 1. The van der Waals surface area contributed by atoms with Crippen LogP contribution >= 0.6 is 0 Å². The Hall–Kier alpha value is -4.35. The molecular weight excluding hydrogens is 500 g/mol. The monoisotopic (exact) mass is 530 g/mol. The second-order valence-corrected chi connectivity index (χ2v) is 10.4. The number of nitrogens with zero attached hydrogens (tertiary/aromatic N) is 7. The lowest BCUT2D eigenvalue weighted by molar-refractivity contribution is -0.110. The normalized spacial score (nSPS) is 16.2. The van der Waals surface area contributed by atoms with Crippen molar-refractivity contribution in [2.24, 2.45) is 0 Å². The number of hydrogen-bond acceptors (Lipinski definition) is 10. The zero-order valence-electron chi connectivity index (χ0n) is 21.9. The number of nitrogen functional groups attached to an aromatic ring is 1. The predicted molar refractivity (Wildman–Crippen MR) is 142 cm³/mol. The first kappa shape index (κ1) is 25.0. The van der Waals surface area contributed by atoms with Crippen molar-refractivity contribution in [2.45, 2.75) is 57.4 Å². The van der Waals surface area contributed by atoms with Crippen LogP contribution in [0.5, 0.6) is 0 Å². The number of aromatic nitrogens is 6. The van der Waals surface area contributed by atoms with Crippen LogP contribution < -0.4 is 5.73 Å². The number of nitrogens with two attached hydrogens (primary N) is 1. The molecule has 1 amide bonds. The van der Waals surface area contributed by atoms with Gasteiger partial charge in [0.05, 0.1) is 16.6 Å². The molecular formula is C27H30N8O4. The van der Waals surface area contributed by atoms with Gasteiger partial charge in [-0.15, -0.1) is 0 Å². The Labute approximate surface area is 224 Å². The van der Waals surface area contributed by atoms with Crippen LogP contribution in [-0.2, 0) is 9.53 Å². The maximum absolute atomic E-state index is 12.1. The van der Waals surface area contributed by atoms with Gasteiger partial charge in [-0.05, 0) is 57.1 Å². The first-order valence-electron chi connectivity index (χ1n) is 13.3. The Morgan fingerprint density at radius 1 is 1.13 bits per heavy atom. The third kappa shape index (κ3) is 4.59. The van der Waals surface area contributed by atoms with Crippen LogP contribution in [-0.4, -0.2) is 66.9 Å².